The van der Waals surface area contributed by atoms with Gasteiger partial charge in [-0.2, -0.15) is 0 Å². The maximum Gasteiger partial charge on any atom is 0.346 e. The molecule has 0 aromatic heterocycles. The van der Waals surface area contributed by atoms with Crippen LogP contribution in [0, 0.1) is 5.82 Å². The number of hydrogen-bond donors (Lipinski definition) is 2. The lowest BCUT2D eigenvalue weighted by molar-refractivity contribution is -0.145. The Morgan fingerprint density at radius 3 is 2.35 bits per heavy atom. The van der Waals surface area contributed by atoms with Crippen LogP contribution in [0.2, 0.25) is 0 Å². The molecule has 138 valence electrons. The van der Waals surface area contributed by atoms with Gasteiger partial charge in [-0.25, -0.2) is 9.18 Å². The fraction of sp³-hybridized carbons (Fsp3) is 0.300. The monoisotopic (exact) mass is 359 g/mol. The highest BCUT2D eigenvalue weighted by Gasteiger charge is 2.21. The van der Waals surface area contributed by atoms with E-state index in [-0.39, 0.29) is 30.5 Å². The van der Waals surface area contributed by atoms with E-state index in [0.29, 0.717) is 0 Å². The third-order valence-corrected chi connectivity index (χ3v) is 4.05. The van der Waals surface area contributed by atoms with Gasteiger partial charge in [0.1, 0.15) is 11.6 Å². The van der Waals surface area contributed by atoms with Crippen molar-refractivity contribution in [1.29, 1.82) is 0 Å². The number of carboxylic acid groups (broad SMARTS) is 1. The highest BCUT2D eigenvalue weighted by Crippen LogP contribution is 2.22. The zero-order valence-corrected chi connectivity index (χ0v) is 14.5. The number of rotatable bonds is 9. The molecule has 5 nitrogen and oxygen atoms in total. The second kappa shape index (κ2) is 9.56. The first-order valence-electron chi connectivity index (χ1n) is 8.46. The van der Waals surface area contributed by atoms with Crippen molar-refractivity contribution in [2.24, 2.45) is 0 Å². The number of hydrogen-bond acceptors (Lipinski definition) is 3. The van der Waals surface area contributed by atoms with E-state index < -0.39 is 17.9 Å². The maximum absolute atomic E-state index is 12.9. The number of carboxylic acids is 1. The van der Waals surface area contributed by atoms with Crippen LogP contribution in [0.4, 0.5) is 4.39 Å². The van der Waals surface area contributed by atoms with Gasteiger partial charge in [-0.1, -0.05) is 37.3 Å². The van der Waals surface area contributed by atoms with E-state index in [1.807, 2.05) is 37.3 Å². The van der Waals surface area contributed by atoms with Crippen molar-refractivity contribution in [3.8, 4) is 5.75 Å². The summed E-state index contributed by atoms with van der Waals surface area (Å²) in [7, 11) is 0. The number of halogens is 1. The number of amides is 1. The van der Waals surface area contributed by atoms with Crippen LogP contribution < -0.4 is 10.1 Å². The summed E-state index contributed by atoms with van der Waals surface area (Å²) in [5, 5.41) is 11.9. The number of benzene rings is 2. The Bertz CT molecular complexity index is 718. The molecular weight excluding hydrogens is 337 g/mol. The first-order valence-corrected chi connectivity index (χ1v) is 8.46. The zero-order chi connectivity index (χ0) is 18.9. The van der Waals surface area contributed by atoms with E-state index in [2.05, 4.69) is 5.32 Å². The molecule has 0 saturated carbocycles. The molecule has 0 spiro atoms. The lowest BCUT2D eigenvalue weighted by atomic mass is 9.93. The summed E-state index contributed by atoms with van der Waals surface area (Å²) in [6.45, 7) is 1.83. The standard InChI is InChI=1S/C20H22FNO4/c1-2-14(15-6-4-3-5-7-15)12-19(23)22-13-18(20(24)25)26-17-10-8-16(21)9-11-17/h3-11,14,18H,2,12-13H2,1H3,(H,22,23)(H,24,25). The molecule has 0 heterocycles. The summed E-state index contributed by atoms with van der Waals surface area (Å²) < 4.78 is 18.2. The molecule has 6 heteroatoms. The van der Waals surface area contributed by atoms with E-state index in [0.717, 1.165) is 12.0 Å². The van der Waals surface area contributed by atoms with Crippen LogP contribution in [0.15, 0.2) is 54.6 Å². The van der Waals surface area contributed by atoms with Crippen LogP contribution in [0.1, 0.15) is 31.2 Å². The van der Waals surface area contributed by atoms with E-state index >= 15 is 0 Å². The average Bonchev–Trinajstić information content (AvgIpc) is 2.65. The van der Waals surface area contributed by atoms with E-state index in [4.69, 9.17) is 4.74 Å². The van der Waals surface area contributed by atoms with Crippen molar-refractivity contribution in [2.45, 2.75) is 31.8 Å². The normalized spacial score (nSPS) is 12.8. The van der Waals surface area contributed by atoms with E-state index in [1.165, 1.54) is 24.3 Å². The minimum atomic E-state index is -1.25. The topological polar surface area (TPSA) is 75.6 Å². The van der Waals surface area contributed by atoms with E-state index in [9.17, 15) is 19.1 Å². The van der Waals surface area contributed by atoms with Crippen molar-refractivity contribution in [1.82, 2.24) is 5.32 Å². The third-order valence-electron chi connectivity index (χ3n) is 4.05. The fourth-order valence-electron chi connectivity index (χ4n) is 2.58. The average molecular weight is 359 g/mol. The summed E-state index contributed by atoms with van der Waals surface area (Å²) in [4.78, 5) is 23.5. The molecule has 2 unspecified atom stereocenters. The number of carbonyl (C=O) groups excluding carboxylic acids is 1. The van der Waals surface area contributed by atoms with Crippen molar-refractivity contribution in [3.63, 3.8) is 0 Å². The van der Waals surface area contributed by atoms with Crippen LogP contribution in [0.5, 0.6) is 5.75 Å². The van der Waals surface area contributed by atoms with Gasteiger partial charge in [0.05, 0.1) is 6.54 Å². The lowest BCUT2D eigenvalue weighted by Gasteiger charge is -2.18. The molecule has 2 aromatic rings. The fourth-order valence-corrected chi connectivity index (χ4v) is 2.58. The molecule has 0 aliphatic heterocycles. The minimum Gasteiger partial charge on any atom is -0.478 e. The van der Waals surface area contributed by atoms with Gasteiger partial charge < -0.3 is 15.2 Å². The smallest absolute Gasteiger partial charge is 0.346 e. The van der Waals surface area contributed by atoms with E-state index in [1.54, 1.807) is 0 Å². The zero-order valence-electron chi connectivity index (χ0n) is 14.5. The molecule has 0 bridgehead atoms. The van der Waals surface area contributed by atoms with Gasteiger partial charge in [0.25, 0.3) is 0 Å². The summed E-state index contributed by atoms with van der Waals surface area (Å²) in [5.41, 5.74) is 1.07. The molecule has 26 heavy (non-hydrogen) atoms. The summed E-state index contributed by atoms with van der Waals surface area (Å²) in [6, 6.07) is 14.8. The molecule has 0 fully saturated rings. The SMILES string of the molecule is CCC(CC(=O)NCC(Oc1ccc(F)cc1)C(=O)O)c1ccccc1. The van der Waals surface area contributed by atoms with Crippen molar-refractivity contribution >= 4 is 11.9 Å². The van der Waals surface area contributed by atoms with Gasteiger partial charge in [-0.3, -0.25) is 4.79 Å². The summed E-state index contributed by atoms with van der Waals surface area (Å²) >= 11 is 0. The third kappa shape index (κ3) is 5.88. The molecule has 0 radical (unpaired) electrons. The van der Waals surface area contributed by atoms with Gasteiger partial charge in [0, 0.05) is 6.42 Å². The van der Waals surface area contributed by atoms with Crippen LogP contribution in [-0.2, 0) is 9.59 Å². The summed E-state index contributed by atoms with van der Waals surface area (Å²) in [6.07, 6.45) is -0.184. The van der Waals surface area contributed by atoms with Gasteiger partial charge in [0.15, 0.2) is 0 Å². The van der Waals surface area contributed by atoms with Gasteiger partial charge in [0.2, 0.25) is 12.0 Å². The Kier molecular flexibility index (Phi) is 7.14. The minimum absolute atomic E-state index is 0.0671. The molecule has 2 atom stereocenters. The molecule has 0 aliphatic rings. The molecule has 0 saturated heterocycles. The van der Waals surface area contributed by atoms with Crippen LogP contribution in [-0.4, -0.2) is 29.6 Å². The van der Waals surface area contributed by atoms with Crippen molar-refractivity contribution in [2.75, 3.05) is 6.54 Å². The molecule has 0 aliphatic carbocycles. The Morgan fingerprint density at radius 1 is 1.12 bits per heavy atom. The first-order chi connectivity index (χ1) is 12.5. The lowest BCUT2D eigenvalue weighted by Crippen LogP contribution is -2.40. The number of aliphatic carboxylic acids is 1. The molecular formula is C20H22FNO4. The number of nitrogens with one attached hydrogen (secondary N) is 1. The largest absolute Gasteiger partial charge is 0.478 e. The highest BCUT2D eigenvalue weighted by molar-refractivity contribution is 5.79. The first kappa shape index (κ1) is 19.4. The Morgan fingerprint density at radius 2 is 1.77 bits per heavy atom. The second-order valence-corrected chi connectivity index (χ2v) is 5.92. The predicted octanol–water partition coefficient (Wildman–Crippen LogP) is 3.36. The molecule has 2 rings (SSSR count). The van der Waals surface area contributed by atoms with Gasteiger partial charge in [-0.05, 0) is 42.2 Å². The summed E-state index contributed by atoms with van der Waals surface area (Å²) in [5.74, 6) is -1.59. The maximum atomic E-state index is 12.9. The highest BCUT2D eigenvalue weighted by atomic mass is 19.1. The molecule has 1 amide bonds. The Balaban J connectivity index is 1.90. The quantitative estimate of drug-likeness (QED) is 0.720. The number of carbonyl (C=O) groups is 2. The van der Waals surface area contributed by atoms with Crippen molar-refractivity contribution < 1.29 is 23.8 Å². The van der Waals surface area contributed by atoms with Gasteiger partial charge in [-0.15, -0.1) is 0 Å². The van der Waals surface area contributed by atoms with Crippen molar-refractivity contribution in [3.05, 3.63) is 66.0 Å². The van der Waals surface area contributed by atoms with Crippen LogP contribution in [0.3, 0.4) is 0 Å². The molecule has 2 aromatic carbocycles. The van der Waals surface area contributed by atoms with Gasteiger partial charge >= 0.3 is 5.97 Å². The van der Waals surface area contributed by atoms with Crippen LogP contribution in [0.25, 0.3) is 0 Å². The Hall–Kier alpha value is -2.89. The Labute approximate surface area is 151 Å². The molecule has 2 N–H and O–H groups in total. The van der Waals surface area contributed by atoms with Crippen LogP contribution >= 0.6 is 0 Å². The second-order valence-electron chi connectivity index (χ2n) is 5.92. The predicted molar refractivity (Wildman–Crippen MR) is 95.6 cm³/mol. The number of ether oxygens (including phenoxy) is 1.